The Morgan fingerprint density at radius 3 is 2.80 bits per heavy atom. The number of carbonyl (C=O) groups is 1. The van der Waals surface area contributed by atoms with Crippen LogP contribution in [0.5, 0.6) is 0 Å². The van der Waals surface area contributed by atoms with Crippen LogP contribution < -0.4 is 10.2 Å². The Bertz CT molecular complexity index is 723. The summed E-state index contributed by atoms with van der Waals surface area (Å²) in [6.07, 6.45) is 4.55. The summed E-state index contributed by atoms with van der Waals surface area (Å²) in [5.74, 6) is 2.02. The van der Waals surface area contributed by atoms with E-state index in [1.165, 1.54) is 5.56 Å². The monoisotopic (exact) mass is 338 g/mol. The number of piperidine rings is 1. The van der Waals surface area contributed by atoms with E-state index in [2.05, 4.69) is 41.2 Å². The second kappa shape index (κ2) is 8.10. The standard InChI is InChI=1S/C20H26N4O/c1-3-10-22-20(25)16-8-12-24(13-9-16)18-7-11-21-19(23-18)17-6-4-5-15(2)14-17/h4-7,11,14,16H,3,8-10,12-13H2,1-2H3,(H,22,25). The SMILES string of the molecule is CCCNC(=O)C1CCN(c2ccnc(-c3cccc(C)c3)n2)CC1. The van der Waals surface area contributed by atoms with Gasteiger partial charge in [0.25, 0.3) is 0 Å². The van der Waals surface area contributed by atoms with Crippen molar-refractivity contribution in [1.29, 1.82) is 0 Å². The third-order valence-electron chi connectivity index (χ3n) is 4.66. The first-order chi connectivity index (χ1) is 12.2. The van der Waals surface area contributed by atoms with E-state index in [1.807, 2.05) is 24.4 Å². The first-order valence-electron chi connectivity index (χ1n) is 9.10. The van der Waals surface area contributed by atoms with Crippen LogP contribution in [0.25, 0.3) is 11.4 Å². The van der Waals surface area contributed by atoms with Gasteiger partial charge in [-0.15, -0.1) is 0 Å². The van der Waals surface area contributed by atoms with E-state index < -0.39 is 0 Å². The Morgan fingerprint density at radius 2 is 2.08 bits per heavy atom. The summed E-state index contributed by atoms with van der Waals surface area (Å²) in [6.45, 7) is 6.62. The van der Waals surface area contributed by atoms with Crippen LogP contribution in [0.15, 0.2) is 36.5 Å². The molecule has 2 aromatic rings. The topological polar surface area (TPSA) is 58.1 Å². The van der Waals surface area contributed by atoms with E-state index >= 15 is 0 Å². The van der Waals surface area contributed by atoms with Crippen LogP contribution in [-0.4, -0.2) is 35.5 Å². The predicted octanol–water partition coefficient (Wildman–Crippen LogP) is 3.19. The second-order valence-corrected chi connectivity index (χ2v) is 6.66. The van der Waals surface area contributed by atoms with Crippen LogP contribution in [0.3, 0.4) is 0 Å². The number of nitrogens with zero attached hydrogens (tertiary/aromatic N) is 3. The fraction of sp³-hybridized carbons (Fsp3) is 0.450. The number of anilines is 1. The summed E-state index contributed by atoms with van der Waals surface area (Å²) in [5, 5.41) is 3.01. The highest BCUT2D eigenvalue weighted by Gasteiger charge is 2.25. The van der Waals surface area contributed by atoms with Crippen molar-refractivity contribution in [3.8, 4) is 11.4 Å². The van der Waals surface area contributed by atoms with Gasteiger partial charge in [0, 0.05) is 37.3 Å². The van der Waals surface area contributed by atoms with Crippen molar-refractivity contribution in [2.45, 2.75) is 33.1 Å². The van der Waals surface area contributed by atoms with Crippen molar-refractivity contribution in [1.82, 2.24) is 15.3 Å². The average molecular weight is 338 g/mol. The molecule has 2 heterocycles. The third-order valence-corrected chi connectivity index (χ3v) is 4.66. The van der Waals surface area contributed by atoms with Crippen molar-refractivity contribution < 1.29 is 4.79 Å². The zero-order valence-electron chi connectivity index (χ0n) is 15.0. The molecule has 1 saturated heterocycles. The molecule has 3 rings (SSSR count). The predicted molar refractivity (Wildman–Crippen MR) is 100 cm³/mol. The molecule has 0 aliphatic carbocycles. The summed E-state index contributed by atoms with van der Waals surface area (Å²) in [7, 11) is 0. The molecule has 1 aromatic heterocycles. The first kappa shape index (κ1) is 17.4. The van der Waals surface area contributed by atoms with Crippen LogP contribution in [0.2, 0.25) is 0 Å². The van der Waals surface area contributed by atoms with Crippen molar-refractivity contribution in [2.75, 3.05) is 24.5 Å². The molecule has 1 aliphatic heterocycles. The normalized spacial score (nSPS) is 15.2. The third kappa shape index (κ3) is 4.35. The number of benzene rings is 1. The van der Waals surface area contributed by atoms with E-state index in [0.29, 0.717) is 0 Å². The lowest BCUT2D eigenvalue weighted by atomic mass is 9.96. The van der Waals surface area contributed by atoms with E-state index in [-0.39, 0.29) is 11.8 Å². The molecule has 0 spiro atoms. The number of amides is 1. The summed E-state index contributed by atoms with van der Waals surface area (Å²) < 4.78 is 0. The largest absolute Gasteiger partial charge is 0.356 e. The quantitative estimate of drug-likeness (QED) is 0.909. The van der Waals surface area contributed by atoms with Gasteiger partial charge in [0.1, 0.15) is 5.82 Å². The fourth-order valence-electron chi connectivity index (χ4n) is 3.21. The van der Waals surface area contributed by atoms with Crippen molar-refractivity contribution in [3.05, 3.63) is 42.1 Å². The number of aromatic nitrogens is 2. The van der Waals surface area contributed by atoms with Gasteiger partial charge >= 0.3 is 0 Å². The van der Waals surface area contributed by atoms with Gasteiger partial charge in [-0.2, -0.15) is 0 Å². The molecular formula is C20H26N4O. The Morgan fingerprint density at radius 1 is 1.28 bits per heavy atom. The fourth-order valence-corrected chi connectivity index (χ4v) is 3.21. The smallest absolute Gasteiger partial charge is 0.223 e. The molecule has 5 heteroatoms. The van der Waals surface area contributed by atoms with Gasteiger partial charge in [-0.05, 0) is 38.3 Å². The highest BCUT2D eigenvalue weighted by molar-refractivity contribution is 5.78. The minimum Gasteiger partial charge on any atom is -0.356 e. The maximum Gasteiger partial charge on any atom is 0.223 e. The molecule has 0 radical (unpaired) electrons. The zero-order valence-corrected chi connectivity index (χ0v) is 15.0. The van der Waals surface area contributed by atoms with E-state index in [4.69, 9.17) is 4.98 Å². The maximum atomic E-state index is 12.1. The van der Waals surface area contributed by atoms with Crippen LogP contribution in [0, 0.1) is 12.8 Å². The number of rotatable bonds is 5. The van der Waals surface area contributed by atoms with Crippen molar-refractivity contribution >= 4 is 11.7 Å². The van der Waals surface area contributed by atoms with Crippen molar-refractivity contribution in [3.63, 3.8) is 0 Å². The van der Waals surface area contributed by atoms with Gasteiger partial charge < -0.3 is 10.2 Å². The molecule has 25 heavy (non-hydrogen) atoms. The lowest BCUT2D eigenvalue weighted by Gasteiger charge is -2.32. The first-order valence-corrected chi connectivity index (χ1v) is 9.10. The number of nitrogens with one attached hydrogen (secondary N) is 1. The van der Waals surface area contributed by atoms with Gasteiger partial charge in [-0.3, -0.25) is 4.79 Å². The van der Waals surface area contributed by atoms with E-state index in [9.17, 15) is 4.79 Å². The zero-order chi connectivity index (χ0) is 17.6. The number of hydrogen-bond donors (Lipinski definition) is 1. The van der Waals surface area contributed by atoms with Crippen LogP contribution in [0.4, 0.5) is 5.82 Å². The number of carbonyl (C=O) groups excluding carboxylic acids is 1. The molecule has 1 N–H and O–H groups in total. The summed E-state index contributed by atoms with van der Waals surface area (Å²) >= 11 is 0. The molecule has 0 atom stereocenters. The Labute approximate surface area is 149 Å². The highest BCUT2D eigenvalue weighted by Crippen LogP contribution is 2.24. The van der Waals surface area contributed by atoms with Gasteiger partial charge in [-0.25, -0.2) is 9.97 Å². The maximum absolute atomic E-state index is 12.1. The summed E-state index contributed by atoms with van der Waals surface area (Å²) in [6, 6.07) is 10.2. The molecule has 1 aromatic carbocycles. The minimum atomic E-state index is 0.126. The van der Waals surface area contributed by atoms with Gasteiger partial charge in [-0.1, -0.05) is 30.7 Å². The Balaban J connectivity index is 1.66. The highest BCUT2D eigenvalue weighted by atomic mass is 16.1. The molecule has 0 saturated carbocycles. The molecule has 5 nitrogen and oxygen atoms in total. The summed E-state index contributed by atoms with van der Waals surface area (Å²) in [4.78, 5) is 23.5. The number of aryl methyl sites for hydroxylation is 1. The van der Waals surface area contributed by atoms with Gasteiger partial charge in [0.2, 0.25) is 5.91 Å². The van der Waals surface area contributed by atoms with Crippen LogP contribution in [0.1, 0.15) is 31.7 Å². The van der Waals surface area contributed by atoms with Gasteiger partial charge in [0.05, 0.1) is 0 Å². The Kier molecular flexibility index (Phi) is 5.64. The molecule has 1 amide bonds. The Hall–Kier alpha value is -2.43. The summed E-state index contributed by atoms with van der Waals surface area (Å²) in [5.41, 5.74) is 2.24. The molecule has 1 aliphatic rings. The van der Waals surface area contributed by atoms with E-state index in [0.717, 1.165) is 56.1 Å². The molecule has 0 bridgehead atoms. The lowest BCUT2D eigenvalue weighted by molar-refractivity contribution is -0.125. The van der Waals surface area contributed by atoms with Crippen LogP contribution >= 0.6 is 0 Å². The van der Waals surface area contributed by atoms with E-state index in [1.54, 1.807) is 0 Å². The lowest BCUT2D eigenvalue weighted by Crippen LogP contribution is -2.41. The average Bonchev–Trinajstić information content (AvgIpc) is 2.66. The second-order valence-electron chi connectivity index (χ2n) is 6.66. The van der Waals surface area contributed by atoms with Crippen molar-refractivity contribution in [2.24, 2.45) is 5.92 Å². The molecule has 132 valence electrons. The van der Waals surface area contributed by atoms with Crippen LogP contribution in [-0.2, 0) is 4.79 Å². The minimum absolute atomic E-state index is 0.126. The molecular weight excluding hydrogens is 312 g/mol. The van der Waals surface area contributed by atoms with Gasteiger partial charge in [0.15, 0.2) is 5.82 Å². The molecule has 0 unspecified atom stereocenters. The molecule has 1 fully saturated rings. The number of hydrogen-bond acceptors (Lipinski definition) is 4.